The lowest BCUT2D eigenvalue weighted by atomic mass is 9.92. The lowest BCUT2D eigenvalue weighted by Gasteiger charge is -2.24. The highest BCUT2D eigenvalue weighted by atomic mass is 35.5. The summed E-state index contributed by atoms with van der Waals surface area (Å²) in [5, 5.41) is 3.32. The Morgan fingerprint density at radius 1 is 1.20 bits per heavy atom. The molecule has 12 heteroatoms. The number of sulfonamides is 1. The minimum atomic E-state index is -4.43. The zero-order valence-corrected chi connectivity index (χ0v) is 20.1. The van der Waals surface area contributed by atoms with E-state index >= 15 is 4.39 Å². The fraction of sp³-hybridized carbons (Fsp3) is 0.217. The number of aromatic nitrogens is 2. The summed E-state index contributed by atoms with van der Waals surface area (Å²) in [7, 11) is -4.43. The monoisotopic (exact) mass is 522 g/mol. The van der Waals surface area contributed by atoms with Crippen LogP contribution in [0.5, 0.6) is 0 Å². The molecule has 0 saturated heterocycles. The van der Waals surface area contributed by atoms with Crippen LogP contribution in [0.3, 0.4) is 0 Å². The molecule has 0 spiro atoms. The van der Waals surface area contributed by atoms with Crippen LogP contribution in [0.4, 0.5) is 14.6 Å². The molecular formula is C23H21ClF2N4O4S. The van der Waals surface area contributed by atoms with Gasteiger partial charge in [-0.2, -0.15) is 0 Å². The van der Waals surface area contributed by atoms with Crippen molar-refractivity contribution in [1.29, 1.82) is 0 Å². The summed E-state index contributed by atoms with van der Waals surface area (Å²) in [5.74, 6) is -2.63. The summed E-state index contributed by atoms with van der Waals surface area (Å²) in [4.78, 5) is 15.7. The fourth-order valence-electron chi connectivity index (χ4n) is 4.31. The minimum absolute atomic E-state index is 0. The molecule has 2 aromatic carbocycles. The van der Waals surface area contributed by atoms with Gasteiger partial charge in [-0.25, -0.2) is 27.0 Å². The number of nitrogens with one attached hydrogen (secondary N) is 2. The van der Waals surface area contributed by atoms with E-state index in [2.05, 4.69) is 15.0 Å². The van der Waals surface area contributed by atoms with Gasteiger partial charge in [-0.1, -0.05) is 18.2 Å². The van der Waals surface area contributed by atoms with Crippen molar-refractivity contribution in [2.45, 2.75) is 30.8 Å². The Morgan fingerprint density at radius 2 is 2.00 bits per heavy atom. The molecular weight excluding hydrogens is 502 g/mol. The van der Waals surface area contributed by atoms with Crippen LogP contribution in [0.25, 0.3) is 11.1 Å². The quantitative estimate of drug-likeness (QED) is 0.413. The first-order chi connectivity index (χ1) is 16.2. The fourth-order valence-corrected chi connectivity index (χ4v) is 5.39. The zero-order valence-electron chi connectivity index (χ0n) is 18.4. The summed E-state index contributed by atoms with van der Waals surface area (Å²) in [6.07, 6.45) is 1.69. The summed E-state index contributed by atoms with van der Waals surface area (Å²) < 4.78 is 62.3. The first-order valence-electron chi connectivity index (χ1n) is 10.5. The number of benzene rings is 2. The predicted molar refractivity (Wildman–Crippen MR) is 128 cm³/mol. The summed E-state index contributed by atoms with van der Waals surface area (Å²) in [6, 6.07) is 9.45. The van der Waals surface area contributed by atoms with E-state index in [4.69, 9.17) is 4.42 Å². The number of fused-ring (bicyclic) bond motifs is 2. The van der Waals surface area contributed by atoms with E-state index < -0.39 is 38.4 Å². The Balaban J connectivity index is 0.00000289. The van der Waals surface area contributed by atoms with Gasteiger partial charge >= 0.3 is 5.76 Å². The van der Waals surface area contributed by atoms with E-state index in [1.165, 1.54) is 10.1 Å². The third kappa shape index (κ3) is 4.54. The summed E-state index contributed by atoms with van der Waals surface area (Å²) >= 11 is 0. The van der Waals surface area contributed by atoms with Crippen molar-refractivity contribution in [3.63, 3.8) is 0 Å². The van der Waals surface area contributed by atoms with Crippen LogP contribution in [0.2, 0.25) is 0 Å². The molecule has 184 valence electrons. The molecule has 2 aromatic heterocycles. The molecule has 2 N–H and O–H groups in total. The van der Waals surface area contributed by atoms with E-state index in [1.54, 1.807) is 0 Å². The smallest absolute Gasteiger partial charge is 0.408 e. The van der Waals surface area contributed by atoms with Gasteiger partial charge in [-0.05, 0) is 48.7 Å². The summed E-state index contributed by atoms with van der Waals surface area (Å²) in [6.45, 7) is 3.33. The first kappa shape index (κ1) is 24.8. The topological polar surface area (TPSA) is 106 Å². The number of anilines is 1. The van der Waals surface area contributed by atoms with Gasteiger partial charge in [0.25, 0.3) is 10.0 Å². The lowest BCUT2D eigenvalue weighted by molar-refractivity contribution is 0.486. The molecule has 1 atom stereocenters. The van der Waals surface area contributed by atoms with Crippen LogP contribution in [0.15, 0.2) is 62.8 Å². The molecule has 0 aliphatic carbocycles. The maximum atomic E-state index is 15.0. The largest absolute Gasteiger partial charge is 0.420 e. The van der Waals surface area contributed by atoms with Gasteiger partial charge in [-0.3, -0.25) is 9.29 Å². The highest BCUT2D eigenvalue weighted by Crippen LogP contribution is 2.30. The number of halogens is 3. The second-order valence-electron chi connectivity index (χ2n) is 8.04. The first-order valence-corrected chi connectivity index (χ1v) is 12.0. The molecule has 35 heavy (non-hydrogen) atoms. The molecule has 1 aliphatic rings. The minimum Gasteiger partial charge on any atom is -0.408 e. The van der Waals surface area contributed by atoms with Crippen LogP contribution < -0.4 is 15.8 Å². The Kier molecular flexibility index (Phi) is 6.67. The number of hydrogen-bond donors (Lipinski definition) is 2. The Labute approximate surface area is 205 Å². The second-order valence-corrected chi connectivity index (χ2v) is 9.69. The molecule has 5 rings (SSSR count). The third-order valence-corrected chi connectivity index (χ3v) is 7.31. The van der Waals surface area contributed by atoms with Crippen molar-refractivity contribution in [3.8, 4) is 0 Å². The van der Waals surface area contributed by atoms with Crippen LogP contribution in [0, 0.1) is 11.6 Å². The highest BCUT2D eigenvalue weighted by molar-refractivity contribution is 7.92. The van der Waals surface area contributed by atoms with Crippen molar-refractivity contribution in [3.05, 3.63) is 87.5 Å². The number of hydrogen-bond acceptors (Lipinski definition) is 6. The highest BCUT2D eigenvalue weighted by Gasteiger charge is 2.26. The van der Waals surface area contributed by atoms with Gasteiger partial charge in [0.15, 0.2) is 5.58 Å². The normalized spacial score (nSPS) is 14.3. The molecule has 0 unspecified atom stereocenters. The van der Waals surface area contributed by atoms with E-state index in [0.717, 1.165) is 54.6 Å². The van der Waals surface area contributed by atoms with Crippen molar-refractivity contribution in [1.82, 2.24) is 14.9 Å². The van der Waals surface area contributed by atoms with E-state index in [9.17, 15) is 17.6 Å². The van der Waals surface area contributed by atoms with Crippen LogP contribution >= 0.6 is 12.4 Å². The van der Waals surface area contributed by atoms with Crippen molar-refractivity contribution < 1.29 is 21.6 Å². The van der Waals surface area contributed by atoms with Crippen molar-refractivity contribution >= 4 is 39.3 Å². The van der Waals surface area contributed by atoms with Crippen molar-refractivity contribution in [2.24, 2.45) is 0 Å². The van der Waals surface area contributed by atoms with Crippen LogP contribution in [-0.2, 0) is 23.0 Å². The Morgan fingerprint density at radius 3 is 2.74 bits per heavy atom. The standard InChI is InChI=1S/C23H20F2N4O4S.ClH/c1-13(16-4-2-3-14-7-8-26-12-17(14)16)29-19-9-18(25)21(10-20(19)33-23(29)30)34(31,32)28-22-6-5-15(24)11-27-22;/h2-6,9-11,13,26H,7-8,12H2,1H3,(H,27,28);1H/t13-;/m1./s1. The van der Waals surface area contributed by atoms with Gasteiger partial charge in [0.05, 0.1) is 17.8 Å². The molecule has 0 saturated carbocycles. The maximum Gasteiger partial charge on any atom is 0.420 e. The SMILES string of the molecule is C[C@H](c1cccc2c1CNCC2)n1c(=O)oc2cc(S(=O)(=O)Nc3ccc(F)cn3)c(F)cc21.Cl. The van der Waals surface area contributed by atoms with Gasteiger partial charge in [0, 0.05) is 18.7 Å². The number of nitrogens with zero attached hydrogens (tertiary/aromatic N) is 2. The molecule has 4 aromatic rings. The van der Waals surface area contributed by atoms with Gasteiger partial charge in [0.2, 0.25) is 0 Å². The second kappa shape index (κ2) is 9.40. The van der Waals surface area contributed by atoms with E-state index in [0.29, 0.717) is 6.54 Å². The van der Waals surface area contributed by atoms with E-state index in [-0.39, 0.29) is 29.3 Å². The molecule has 0 fully saturated rings. The molecule has 0 amide bonds. The molecule has 3 heterocycles. The van der Waals surface area contributed by atoms with Gasteiger partial charge < -0.3 is 9.73 Å². The average Bonchev–Trinajstić information content (AvgIpc) is 3.13. The molecule has 8 nitrogen and oxygen atoms in total. The maximum absolute atomic E-state index is 15.0. The number of rotatable bonds is 5. The van der Waals surface area contributed by atoms with E-state index in [1.807, 2.05) is 25.1 Å². The Hall–Kier alpha value is -3.28. The van der Waals surface area contributed by atoms with Crippen LogP contribution in [-0.4, -0.2) is 24.5 Å². The molecule has 0 radical (unpaired) electrons. The predicted octanol–water partition coefficient (Wildman–Crippen LogP) is 3.75. The lowest BCUT2D eigenvalue weighted by Crippen LogP contribution is -2.27. The van der Waals surface area contributed by atoms with Gasteiger partial charge in [0.1, 0.15) is 22.3 Å². The molecule has 1 aliphatic heterocycles. The summed E-state index contributed by atoms with van der Waals surface area (Å²) in [5.41, 5.74) is 3.22. The zero-order chi connectivity index (χ0) is 24.0. The van der Waals surface area contributed by atoms with Crippen molar-refractivity contribution in [2.75, 3.05) is 11.3 Å². The van der Waals surface area contributed by atoms with Gasteiger partial charge in [-0.15, -0.1) is 12.4 Å². The number of pyridine rings is 1. The Bertz CT molecular complexity index is 1570. The molecule has 0 bridgehead atoms. The van der Waals surface area contributed by atoms with Crippen LogP contribution in [0.1, 0.15) is 29.7 Å². The average molecular weight is 523 g/mol. The number of oxazole rings is 1. The third-order valence-electron chi connectivity index (χ3n) is 5.94.